The minimum atomic E-state index is -0.826. The van der Waals surface area contributed by atoms with Crippen molar-refractivity contribution in [3.8, 4) is 0 Å². The predicted molar refractivity (Wildman–Crippen MR) is 132 cm³/mol. The van der Waals surface area contributed by atoms with Gasteiger partial charge < -0.3 is 19.6 Å². The number of likely N-dealkylation sites (tertiary alicyclic amines) is 2. The van der Waals surface area contributed by atoms with E-state index in [9.17, 15) is 9.59 Å². The molecule has 4 rings (SSSR count). The second kappa shape index (κ2) is 9.68. The molecule has 34 heavy (non-hydrogen) atoms. The van der Waals surface area contributed by atoms with Gasteiger partial charge in [0.15, 0.2) is 0 Å². The molecule has 2 saturated heterocycles. The standard InChI is InChI=1S/C26H36N4O4/c1-17-15-20(11-14-30(17)25(33)34-26(2,3)4)23-21-8-7-19(16-22(21)27-28-23)6-5-18-9-12-29(13-10-18)24(31)32/h5-8,16-18,20H,9-15H2,1-4H3,(H,27,28)(H,31,32)/b6-5+. The van der Waals surface area contributed by atoms with Crippen molar-refractivity contribution in [3.05, 3.63) is 35.5 Å². The molecule has 2 aromatic rings. The molecule has 2 unspecified atom stereocenters. The maximum absolute atomic E-state index is 12.5. The number of ether oxygens (including phenoxy) is 1. The van der Waals surface area contributed by atoms with E-state index in [2.05, 4.69) is 47.5 Å². The first-order valence-corrected chi connectivity index (χ1v) is 12.2. The van der Waals surface area contributed by atoms with Crippen molar-refractivity contribution >= 4 is 29.2 Å². The van der Waals surface area contributed by atoms with Crippen molar-refractivity contribution in [3.63, 3.8) is 0 Å². The molecule has 2 aliphatic rings. The van der Waals surface area contributed by atoms with E-state index in [1.54, 1.807) is 0 Å². The Morgan fingerprint density at radius 3 is 2.56 bits per heavy atom. The topological polar surface area (TPSA) is 98.8 Å². The van der Waals surface area contributed by atoms with Crippen LogP contribution in [-0.2, 0) is 4.74 Å². The minimum absolute atomic E-state index is 0.0927. The van der Waals surface area contributed by atoms with Gasteiger partial charge in [0.1, 0.15) is 5.60 Å². The highest BCUT2D eigenvalue weighted by Gasteiger charge is 2.33. The van der Waals surface area contributed by atoms with Crippen molar-refractivity contribution < 1.29 is 19.4 Å². The molecule has 2 N–H and O–H groups in total. The summed E-state index contributed by atoms with van der Waals surface area (Å²) in [5.41, 5.74) is 2.70. The van der Waals surface area contributed by atoms with Gasteiger partial charge in [0.2, 0.25) is 0 Å². The van der Waals surface area contributed by atoms with E-state index in [-0.39, 0.29) is 12.1 Å². The van der Waals surface area contributed by atoms with Gasteiger partial charge in [-0.15, -0.1) is 0 Å². The molecule has 2 atom stereocenters. The highest BCUT2D eigenvalue weighted by Crippen LogP contribution is 2.35. The van der Waals surface area contributed by atoms with Crippen LogP contribution in [0, 0.1) is 5.92 Å². The lowest BCUT2D eigenvalue weighted by Gasteiger charge is -2.38. The fourth-order valence-electron chi connectivity index (χ4n) is 5.02. The third-order valence-corrected chi connectivity index (χ3v) is 6.88. The molecule has 2 aliphatic heterocycles. The normalized spacial score (nSPS) is 22.5. The zero-order valence-electron chi connectivity index (χ0n) is 20.6. The van der Waals surface area contributed by atoms with Crippen molar-refractivity contribution in [1.82, 2.24) is 20.0 Å². The van der Waals surface area contributed by atoms with E-state index >= 15 is 0 Å². The zero-order valence-corrected chi connectivity index (χ0v) is 20.6. The molecule has 0 spiro atoms. The van der Waals surface area contributed by atoms with Crippen LogP contribution >= 0.6 is 0 Å². The number of carbonyl (C=O) groups excluding carboxylic acids is 1. The molecule has 0 radical (unpaired) electrons. The van der Waals surface area contributed by atoms with Crippen LogP contribution in [0.3, 0.4) is 0 Å². The molecule has 1 aromatic heterocycles. The summed E-state index contributed by atoms with van der Waals surface area (Å²) in [4.78, 5) is 26.9. The Bertz CT molecular complexity index is 1060. The smallest absolute Gasteiger partial charge is 0.410 e. The number of hydrogen-bond donors (Lipinski definition) is 2. The van der Waals surface area contributed by atoms with Crippen LogP contribution < -0.4 is 0 Å². The monoisotopic (exact) mass is 468 g/mol. The molecule has 0 saturated carbocycles. The van der Waals surface area contributed by atoms with Gasteiger partial charge in [-0.2, -0.15) is 5.10 Å². The largest absolute Gasteiger partial charge is 0.465 e. The van der Waals surface area contributed by atoms with Gasteiger partial charge in [-0.3, -0.25) is 5.10 Å². The Morgan fingerprint density at radius 2 is 1.91 bits per heavy atom. The molecule has 1 aromatic carbocycles. The summed E-state index contributed by atoms with van der Waals surface area (Å²) in [5.74, 6) is 0.698. The highest BCUT2D eigenvalue weighted by atomic mass is 16.6. The summed E-state index contributed by atoms with van der Waals surface area (Å²) in [6.07, 6.45) is 6.70. The quantitative estimate of drug-likeness (QED) is 0.622. The number of piperidine rings is 2. The second-order valence-electron chi connectivity index (χ2n) is 10.6. The van der Waals surface area contributed by atoms with Gasteiger partial charge in [0.05, 0.1) is 11.2 Å². The number of aromatic nitrogens is 2. The van der Waals surface area contributed by atoms with Crippen LogP contribution in [-0.4, -0.2) is 68.6 Å². The molecular weight excluding hydrogens is 432 g/mol. The molecule has 184 valence electrons. The fraction of sp³-hybridized carbons (Fsp3) is 0.577. The zero-order chi connectivity index (χ0) is 24.5. The maximum atomic E-state index is 12.5. The van der Waals surface area contributed by atoms with Crippen molar-refractivity contribution in [2.75, 3.05) is 19.6 Å². The lowest BCUT2D eigenvalue weighted by molar-refractivity contribution is 0.0103. The SMILES string of the molecule is CC1CC(c2n[nH]c3cc(/C=C/C4CCN(C(=O)O)CC4)ccc23)CCN1C(=O)OC(C)(C)C. The Labute approximate surface area is 200 Å². The number of allylic oxidation sites excluding steroid dienone is 1. The van der Waals surface area contributed by atoms with E-state index in [0.717, 1.165) is 47.8 Å². The Hall–Kier alpha value is -3.03. The minimum Gasteiger partial charge on any atom is -0.465 e. The number of H-pyrrole nitrogens is 1. The van der Waals surface area contributed by atoms with E-state index in [4.69, 9.17) is 9.84 Å². The summed E-state index contributed by atoms with van der Waals surface area (Å²) < 4.78 is 5.57. The summed E-state index contributed by atoms with van der Waals surface area (Å²) in [6, 6.07) is 6.46. The summed E-state index contributed by atoms with van der Waals surface area (Å²) in [5, 5.41) is 18.1. The number of rotatable bonds is 3. The summed E-state index contributed by atoms with van der Waals surface area (Å²) >= 11 is 0. The number of fused-ring (bicyclic) bond motifs is 1. The number of nitrogens with one attached hydrogen (secondary N) is 1. The first-order chi connectivity index (χ1) is 16.1. The number of hydrogen-bond acceptors (Lipinski definition) is 4. The predicted octanol–water partition coefficient (Wildman–Crippen LogP) is 5.47. The highest BCUT2D eigenvalue weighted by molar-refractivity contribution is 5.84. The van der Waals surface area contributed by atoms with Crippen molar-refractivity contribution in [1.29, 1.82) is 0 Å². The van der Waals surface area contributed by atoms with Crippen LogP contribution in [0.5, 0.6) is 0 Å². The third kappa shape index (κ3) is 5.54. The summed E-state index contributed by atoms with van der Waals surface area (Å²) in [6.45, 7) is 9.61. The third-order valence-electron chi connectivity index (χ3n) is 6.88. The molecule has 2 fully saturated rings. The number of carbonyl (C=O) groups is 2. The Balaban J connectivity index is 1.39. The van der Waals surface area contributed by atoms with Crippen LogP contribution in [0.1, 0.15) is 70.6 Å². The van der Waals surface area contributed by atoms with E-state index in [1.807, 2.05) is 25.7 Å². The summed E-state index contributed by atoms with van der Waals surface area (Å²) in [7, 11) is 0. The first kappa shape index (κ1) is 24.1. The molecule has 8 nitrogen and oxygen atoms in total. The van der Waals surface area contributed by atoms with Gasteiger partial charge in [-0.1, -0.05) is 24.3 Å². The lowest BCUT2D eigenvalue weighted by Crippen LogP contribution is -2.46. The molecule has 8 heteroatoms. The fourth-order valence-corrected chi connectivity index (χ4v) is 5.02. The van der Waals surface area contributed by atoms with Crippen LogP contribution in [0.2, 0.25) is 0 Å². The van der Waals surface area contributed by atoms with E-state index in [1.165, 1.54) is 4.90 Å². The van der Waals surface area contributed by atoms with Crippen LogP contribution in [0.25, 0.3) is 17.0 Å². The Morgan fingerprint density at radius 1 is 1.18 bits per heavy atom. The Kier molecular flexibility index (Phi) is 6.86. The van der Waals surface area contributed by atoms with Crippen LogP contribution in [0.15, 0.2) is 24.3 Å². The van der Waals surface area contributed by atoms with Gasteiger partial charge in [0, 0.05) is 37.0 Å². The molecule has 0 bridgehead atoms. The lowest BCUT2D eigenvalue weighted by atomic mass is 9.87. The molecular formula is C26H36N4O4. The van der Waals surface area contributed by atoms with Crippen LogP contribution in [0.4, 0.5) is 9.59 Å². The number of benzene rings is 1. The first-order valence-electron chi connectivity index (χ1n) is 12.2. The number of amides is 2. The van der Waals surface area contributed by atoms with Gasteiger partial charge in [0.25, 0.3) is 0 Å². The average Bonchev–Trinajstić information content (AvgIpc) is 3.20. The molecule has 0 aliphatic carbocycles. The van der Waals surface area contributed by atoms with E-state index in [0.29, 0.717) is 31.5 Å². The molecule has 2 amide bonds. The van der Waals surface area contributed by atoms with Gasteiger partial charge in [-0.25, -0.2) is 9.59 Å². The van der Waals surface area contributed by atoms with Crippen molar-refractivity contribution in [2.24, 2.45) is 5.92 Å². The number of nitrogens with zero attached hydrogens (tertiary/aromatic N) is 3. The second-order valence-corrected chi connectivity index (χ2v) is 10.6. The maximum Gasteiger partial charge on any atom is 0.410 e. The van der Waals surface area contributed by atoms with Gasteiger partial charge >= 0.3 is 12.2 Å². The average molecular weight is 469 g/mol. The van der Waals surface area contributed by atoms with Gasteiger partial charge in [-0.05, 0) is 70.9 Å². The molecule has 3 heterocycles. The number of aromatic amines is 1. The van der Waals surface area contributed by atoms with Crippen molar-refractivity contribution in [2.45, 2.75) is 70.9 Å². The van der Waals surface area contributed by atoms with E-state index < -0.39 is 11.7 Å². The number of carboxylic acid groups (broad SMARTS) is 1.